The molecule has 0 fully saturated rings. The van der Waals surface area contributed by atoms with E-state index in [9.17, 15) is 4.79 Å². The van der Waals surface area contributed by atoms with E-state index in [2.05, 4.69) is 31.1 Å². The lowest BCUT2D eigenvalue weighted by atomic mass is 10.3. The summed E-state index contributed by atoms with van der Waals surface area (Å²) in [6, 6.07) is 8.79. The van der Waals surface area contributed by atoms with Crippen LogP contribution in [0.4, 0.5) is 0 Å². The van der Waals surface area contributed by atoms with Gasteiger partial charge < -0.3 is 9.64 Å². The molecule has 0 radical (unpaired) electrons. The Kier molecular flexibility index (Phi) is 5.04. The van der Waals surface area contributed by atoms with Gasteiger partial charge in [-0.1, -0.05) is 18.2 Å². The topological polar surface area (TPSA) is 117 Å². The minimum Gasteiger partial charge on any atom is -0.425 e. The van der Waals surface area contributed by atoms with Gasteiger partial charge in [0.05, 0.1) is 6.54 Å². The molecule has 25 heavy (non-hydrogen) atoms. The molecular weight excluding hydrogens is 326 g/mol. The number of carbonyl (C=O) groups is 1. The summed E-state index contributed by atoms with van der Waals surface area (Å²) in [4.78, 5) is 14.1. The standard InChI is InChI=1S/C14H17N9O2/c1-21(2)8-9-22-13(15-17-19-22)14-16-18-20-23(14)10-12(24)25-11-6-4-3-5-7-11/h3-7H,8-10H2,1-2H3. The summed E-state index contributed by atoms with van der Waals surface area (Å²) < 4.78 is 8.15. The normalized spacial score (nSPS) is 11.0. The van der Waals surface area contributed by atoms with Crippen LogP contribution in [-0.4, -0.2) is 71.9 Å². The zero-order valence-corrected chi connectivity index (χ0v) is 13.8. The first kappa shape index (κ1) is 16.6. The van der Waals surface area contributed by atoms with Crippen LogP contribution in [0.15, 0.2) is 30.3 Å². The number of para-hydroxylation sites is 1. The molecule has 3 aromatic rings. The lowest BCUT2D eigenvalue weighted by molar-refractivity contribution is -0.135. The van der Waals surface area contributed by atoms with Gasteiger partial charge in [0.25, 0.3) is 0 Å². The van der Waals surface area contributed by atoms with Crippen LogP contribution in [0.1, 0.15) is 0 Å². The number of likely N-dealkylation sites (N-methyl/N-ethyl adjacent to an activating group) is 1. The SMILES string of the molecule is CN(C)CCn1nnnc1-c1nnnn1CC(=O)Oc1ccccc1. The van der Waals surface area contributed by atoms with Gasteiger partial charge in [-0.2, -0.15) is 0 Å². The lowest BCUT2D eigenvalue weighted by Crippen LogP contribution is -2.21. The summed E-state index contributed by atoms with van der Waals surface area (Å²) in [6.07, 6.45) is 0. The summed E-state index contributed by atoms with van der Waals surface area (Å²) in [6.45, 7) is 1.16. The quantitative estimate of drug-likeness (QED) is 0.413. The second-order valence-corrected chi connectivity index (χ2v) is 5.48. The molecule has 0 saturated carbocycles. The number of ether oxygens (including phenoxy) is 1. The molecule has 0 aliphatic rings. The largest absolute Gasteiger partial charge is 0.425 e. The molecule has 0 bridgehead atoms. The fourth-order valence-corrected chi connectivity index (χ4v) is 2.06. The van der Waals surface area contributed by atoms with E-state index in [0.29, 0.717) is 23.9 Å². The van der Waals surface area contributed by atoms with E-state index in [1.807, 2.05) is 25.1 Å². The summed E-state index contributed by atoms with van der Waals surface area (Å²) >= 11 is 0. The summed E-state index contributed by atoms with van der Waals surface area (Å²) in [5.41, 5.74) is 0. The second kappa shape index (κ2) is 7.57. The molecule has 1 aromatic carbocycles. The third-order valence-electron chi connectivity index (χ3n) is 3.28. The maximum absolute atomic E-state index is 12.1. The van der Waals surface area contributed by atoms with Gasteiger partial charge in [-0.05, 0) is 47.1 Å². The monoisotopic (exact) mass is 343 g/mol. The molecule has 0 spiro atoms. The molecule has 0 atom stereocenters. The van der Waals surface area contributed by atoms with Gasteiger partial charge in [-0.15, -0.1) is 10.2 Å². The average molecular weight is 343 g/mol. The van der Waals surface area contributed by atoms with Gasteiger partial charge in [-0.25, -0.2) is 14.2 Å². The number of rotatable bonds is 7. The maximum atomic E-state index is 12.1. The molecule has 0 N–H and O–H groups in total. The minimum atomic E-state index is -0.493. The van der Waals surface area contributed by atoms with Crippen LogP contribution < -0.4 is 4.74 Å². The van der Waals surface area contributed by atoms with Crippen LogP contribution in [0.3, 0.4) is 0 Å². The second-order valence-electron chi connectivity index (χ2n) is 5.48. The van der Waals surface area contributed by atoms with E-state index in [1.165, 1.54) is 4.68 Å². The van der Waals surface area contributed by atoms with Crippen molar-refractivity contribution in [2.24, 2.45) is 0 Å². The Labute approximate surface area is 143 Å². The van der Waals surface area contributed by atoms with Gasteiger partial charge in [0.15, 0.2) is 0 Å². The Bertz CT molecular complexity index is 828. The Balaban J connectivity index is 1.73. The van der Waals surface area contributed by atoms with Crippen molar-refractivity contribution in [2.75, 3.05) is 20.6 Å². The molecular formula is C14H17N9O2. The first-order valence-corrected chi connectivity index (χ1v) is 7.56. The lowest BCUT2D eigenvalue weighted by Gasteiger charge is -2.10. The van der Waals surface area contributed by atoms with Crippen molar-refractivity contribution < 1.29 is 9.53 Å². The number of nitrogens with zero attached hydrogens (tertiary/aromatic N) is 9. The highest BCUT2D eigenvalue weighted by Crippen LogP contribution is 2.12. The Morgan fingerprint density at radius 2 is 1.68 bits per heavy atom. The molecule has 0 amide bonds. The zero-order valence-electron chi connectivity index (χ0n) is 13.8. The van der Waals surface area contributed by atoms with Crippen LogP contribution in [0, 0.1) is 0 Å². The Hall–Kier alpha value is -3.21. The highest BCUT2D eigenvalue weighted by Gasteiger charge is 2.19. The van der Waals surface area contributed by atoms with Crippen molar-refractivity contribution in [1.29, 1.82) is 0 Å². The van der Waals surface area contributed by atoms with Crippen molar-refractivity contribution >= 4 is 5.97 Å². The van der Waals surface area contributed by atoms with Crippen molar-refractivity contribution in [3.8, 4) is 17.4 Å². The molecule has 0 aliphatic heterocycles. The van der Waals surface area contributed by atoms with Crippen molar-refractivity contribution in [1.82, 2.24) is 45.3 Å². The van der Waals surface area contributed by atoms with Gasteiger partial charge >= 0.3 is 5.97 Å². The maximum Gasteiger partial charge on any atom is 0.333 e. The van der Waals surface area contributed by atoms with Gasteiger partial charge in [0.1, 0.15) is 12.3 Å². The fourth-order valence-electron chi connectivity index (χ4n) is 2.06. The summed E-state index contributed by atoms with van der Waals surface area (Å²) in [7, 11) is 3.90. The Morgan fingerprint density at radius 3 is 2.36 bits per heavy atom. The number of carbonyl (C=O) groups excluding carboxylic acids is 1. The van der Waals surface area contributed by atoms with Gasteiger partial charge in [-0.3, -0.25) is 0 Å². The van der Waals surface area contributed by atoms with E-state index < -0.39 is 5.97 Å². The predicted molar refractivity (Wildman–Crippen MR) is 85.3 cm³/mol. The number of hydrogen-bond acceptors (Lipinski definition) is 9. The molecule has 0 unspecified atom stereocenters. The molecule has 0 aliphatic carbocycles. The van der Waals surface area contributed by atoms with Crippen molar-refractivity contribution in [3.63, 3.8) is 0 Å². The van der Waals surface area contributed by atoms with Crippen LogP contribution in [0.5, 0.6) is 5.75 Å². The third kappa shape index (κ3) is 4.20. The molecule has 2 aromatic heterocycles. The van der Waals surface area contributed by atoms with Crippen LogP contribution in [-0.2, 0) is 17.9 Å². The van der Waals surface area contributed by atoms with Crippen molar-refractivity contribution in [2.45, 2.75) is 13.1 Å². The number of tetrazole rings is 2. The average Bonchev–Trinajstić information content (AvgIpc) is 3.22. The zero-order chi connectivity index (χ0) is 17.6. The smallest absolute Gasteiger partial charge is 0.333 e. The highest BCUT2D eigenvalue weighted by atomic mass is 16.5. The summed E-state index contributed by atoms with van der Waals surface area (Å²) in [5.74, 6) is 0.651. The van der Waals surface area contributed by atoms with Crippen LogP contribution >= 0.6 is 0 Å². The number of esters is 1. The number of benzene rings is 1. The predicted octanol–water partition coefficient (Wildman–Crippen LogP) is -0.506. The minimum absolute atomic E-state index is 0.155. The van der Waals surface area contributed by atoms with Crippen LogP contribution in [0.25, 0.3) is 11.6 Å². The molecule has 2 heterocycles. The third-order valence-corrected chi connectivity index (χ3v) is 3.28. The Morgan fingerprint density at radius 1 is 1.04 bits per heavy atom. The molecule has 3 rings (SSSR count). The molecule has 130 valence electrons. The molecule has 11 nitrogen and oxygen atoms in total. The van der Waals surface area contributed by atoms with Crippen molar-refractivity contribution in [3.05, 3.63) is 30.3 Å². The number of hydrogen-bond donors (Lipinski definition) is 0. The number of aromatic nitrogens is 8. The highest BCUT2D eigenvalue weighted by molar-refractivity contribution is 5.72. The van der Waals surface area contributed by atoms with Gasteiger partial charge in [0.2, 0.25) is 11.6 Å². The summed E-state index contributed by atoms with van der Waals surface area (Å²) in [5, 5.41) is 22.9. The van der Waals surface area contributed by atoms with Crippen LogP contribution in [0.2, 0.25) is 0 Å². The fraction of sp³-hybridized carbons (Fsp3) is 0.357. The van der Waals surface area contributed by atoms with E-state index in [4.69, 9.17) is 4.74 Å². The first-order chi connectivity index (χ1) is 12.1. The molecule has 11 heteroatoms. The van der Waals surface area contributed by atoms with E-state index in [-0.39, 0.29) is 6.54 Å². The first-order valence-electron chi connectivity index (χ1n) is 7.56. The van der Waals surface area contributed by atoms with Gasteiger partial charge in [0, 0.05) is 6.54 Å². The van der Waals surface area contributed by atoms with E-state index in [0.717, 1.165) is 6.54 Å². The van der Waals surface area contributed by atoms with E-state index >= 15 is 0 Å². The molecule has 0 saturated heterocycles. The van der Waals surface area contributed by atoms with E-state index in [1.54, 1.807) is 28.9 Å².